The normalized spacial score (nSPS) is 16.2. The van der Waals surface area contributed by atoms with E-state index in [1.165, 1.54) is 7.11 Å². The second-order valence-electron chi connectivity index (χ2n) is 6.55. The van der Waals surface area contributed by atoms with Crippen molar-refractivity contribution in [3.8, 4) is 22.9 Å². The van der Waals surface area contributed by atoms with Crippen LogP contribution in [-0.2, 0) is 0 Å². The minimum Gasteiger partial charge on any atom is -0.497 e. The quantitative estimate of drug-likeness (QED) is 0.672. The zero-order valence-electron chi connectivity index (χ0n) is 15.8. The van der Waals surface area contributed by atoms with Crippen LogP contribution in [0.25, 0.3) is 11.4 Å². The summed E-state index contributed by atoms with van der Waals surface area (Å²) in [6, 6.07) is 14.6. The molecule has 3 aromatic rings. The molecule has 1 unspecified atom stereocenters. The Balaban J connectivity index is 1.61. The number of carbonyl (C=O) groups is 1. The van der Waals surface area contributed by atoms with Gasteiger partial charge in [0.05, 0.1) is 19.8 Å². The Kier molecular flexibility index (Phi) is 4.97. The zero-order valence-corrected chi connectivity index (χ0v) is 15.8. The molecule has 0 bridgehead atoms. The van der Waals surface area contributed by atoms with Crippen molar-refractivity contribution in [3.63, 3.8) is 0 Å². The lowest BCUT2D eigenvalue weighted by atomic mass is 10.1. The third kappa shape index (κ3) is 3.31. The second kappa shape index (κ2) is 7.72. The lowest BCUT2D eigenvalue weighted by molar-refractivity contribution is 0.0706. The van der Waals surface area contributed by atoms with Crippen molar-refractivity contribution >= 4 is 5.91 Å². The molecule has 7 heteroatoms. The summed E-state index contributed by atoms with van der Waals surface area (Å²) < 4.78 is 16.1. The maximum Gasteiger partial charge on any atom is 0.258 e. The highest BCUT2D eigenvalue weighted by atomic mass is 16.5. The van der Waals surface area contributed by atoms with Gasteiger partial charge in [0.2, 0.25) is 11.7 Å². The number of ether oxygens (including phenoxy) is 2. The Morgan fingerprint density at radius 2 is 1.96 bits per heavy atom. The lowest BCUT2D eigenvalue weighted by Crippen LogP contribution is -2.31. The molecule has 0 saturated carbocycles. The number of benzene rings is 2. The Bertz CT molecular complexity index is 971. The van der Waals surface area contributed by atoms with Crippen LogP contribution in [-0.4, -0.2) is 41.7 Å². The van der Waals surface area contributed by atoms with Crippen molar-refractivity contribution in [2.24, 2.45) is 0 Å². The molecule has 0 N–H and O–H groups in total. The molecule has 28 heavy (non-hydrogen) atoms. The molecule has 1 amide bonds. The number of hydrogen-bond acceptors (Lipinski definition) is 6. The third-order valence-corrected chi connectivity index (χ3v) is 4.91. The molecule has 1 aliphatic rings. The van der Waals surface area contributed by atoms with Gasteiger partial charge in [-0.05, 0) is 25.0 Å². The fourth-order valence-corrected chi connectivity index (χ4v) is 3.47. The van der Waals surface area contributed by atoms with Crippen LogP contribution in [0, 0.1) is 0 Å². The van der Waals surface area contributed by atoms with E-state index in [9.17, 15) is 4.79 Å². The molecule has 4 rings (SSSR count). The van der Waals surface area contributed by atoms with Gasteiger partial charge >= 0.3 is 0 Å². The van der Waals surface area contributed by atoms with Crippen LogP contribution >= 0.6 is 0 Å². The average molecular weight is 379 g/mol. The molecule has 1 saturated heterocycles. The van der Waals surface area contributed by atoms with E-state index in [-0.39, 0.29) is 11.9 Å². The fourth-order valence-electron chi connectivity index (χ4n) is 3.47. The van der Waals surface area contributed by atoms with Crippen molar-refractivity contribution < 1.29 is 18.8 Å². The van der Waals surface area contributed by atoms with Crippen LogP contribution in [0.4, 0.5) is 0 Å². The number of carbonyl (C=O) groups excluding carboxylic acids is 1. The Morgan fingerprint density at radius 3 is 2.71 bits per heavy atom. The van der Waals surface area contributed by atoms with E-state index in [1.54, 1.807) is 30.2 Å². The van der Waals surface area contributed by atoms with E-state index >= 15 is 0 Å². The largest absolute Gasteiger partial charge is 0.497 e. The zero-order chi connectivity index (χ0) is 19.5. The molecule has 1 aliphatic heterocycles. The first kappa shape index (κ1) is 18.0. The van der Waals surface area contributed by atoms with Gasteiger partial charge in [-0.25, -0.2) is 0 Å². The van der Waals surface area contributed by atoms with Gasteiger partial charge < -0.3 is 18.9 Å². The molecule has 7 nitrogen and oxygen atoms in total. The Labute approximate surface area is 162 Å². The number of aromatic nitrogens is 2. The summed E-state index contributed by atoms with van der Waals surface area (Å²) in [6.07, 6.45) is 1.65. The predicted octanol–water partition coefficient (Wildman–Crippen LogP) is 3.73. The summed E-state index contributed by atoms with van der Waals surface area (Å²) in [5, 5.41) is 4.09. The summed E-state index contributed by atoms with van der Waals surface area (Å²) >= 11 is 0. The van der Waals surface area contributed by atoms with Gasteiger partial charge in [-0.1, -0.05) is 35.5 Å². The van der Waals surface area contributed by atoms with Gasteiger partial charge in [0.1, 0.15) is 17.5 Å². The minimum atomic E-state index is -0.246. The van der Waals surface area contributed by atoms with Crippen LogP contribution < -0.4 is 9.47 Å². The van der Waals surface area contributed by atoms with Crippen LogP contribution in [0.3, 0.4) is 0 Å². The van der Waals surface area contributed by atoms with E-state index in [0.29, 0.717) is 35.3 Å². The second-order valence-corrected chi connectivity index (χ2v) is 6.55. The molecule has 1 fully saturated rings. The molecule has 1 atom stereocenters. The van der Waals surface area contributed by atoms with Crippen LogP contribution in [0.1, 0.15) is 35.1 Å². The van der Waals surface area contributed by atoms with E-state index in [4.69, 9.17) is 14.0 Å². The SMILES string of the molecule is COc1ccc(C(=O)N2CCCC2c2nc(-c3ccccc3)no2)c(OC)c1. The molecule has 0 radical (unpaired) electrons. The van der Waals surface area contributed by atoms with Gasteiger partial charge in [-0.3, -0.25) is 4.79 Å². The summed E-state index contributed by atoms with van der Waals surface area (Å²) in [5.41, 5.74) is 1.36. The molecule has 1 aromatic heterocycles. The number of hydrogen-bond donors (Lipinski definition) is 0. The molecular weight excluding hydrogens is 358 g/mol. The number of nitrogens with zero attached hydrogens (tertiary/aromatic N) is 3. The van der Waals surface area contributed by atoms with Crippen molar-refractivity contribution in [1.29, 1.82) is 0 Å². The van der Waals surface area contributed by atoms with E-state index < -0.39 is 0 Å². The molecule has 2 aromatic carbocycles. The molecule has 2 heterocycles. The Morgan fingerprint density at radius 1 is 1.14 bits per heavy atom. The highest BCUT2D eigenvalue weighted by Crippen LogP contribution is 2.35. The fraction of sp³-hybridized carbons (Fsp3) is 0.286. The predicted molar refractivity (Wildman–Crippen MR) is 102 cm³/mol. The lowest BCUT2D eigenvalue weighted by Gasteiger charge is -2.23. The standard InChI is InChI=1S/C21H21N3O4/c1-26-15-10-11-16(18(13-15)27-2)21(25)24-12-6-9-17(24)20-22-19(23-28-20)14-7-4-3-5-8-14/h3-5,7-8,10-11,13,17H,6,9,12H2,1-2H3. The van der Waals surface area contributed by atoms with Crippen molar-refractivity contribution in [2.75, 3.05) is 20.8 Å². The maximum atomic E-state index is 13.2. The molecule has 0 spiro atoms. The van der Waals surface area contributed by atoms with Gasteiger partial charge in [-0.15, -0.1) is 0 Å². The highest BCUT2D eigenvalue weighted by molar-refractivity contribution is 5.97. The molecule has 144 valence electrons. The van der Waals surface area contributed by atoms with Crippen molar-refractivity contribution in [3.05, 3.63) is 60.0 Å². The van der Waals surface area contributed by atoms with E-state index in [2.05, 4.69) is 10.1 Å². The van der Waals surface area contributed by atoms with Crippen LogP contribution in [0.5, 0.6) is 11.5 Å². The van der Waals surface area contributed by atoms with Gasteiger partial charge in [0, 0.05) is 18.2 Å². The van der Waals surface area contributed by atoms with E-state index in [0.717, 1.165) is 18.4 Å². The van der Waals surface area contributed by atoms with Crippen LogP contribution in [0.15, 0.2) is 53.1 Å². The first-order valence-corrected chi connectivity index (χ1v) is 9.13. The molecular formula is C21H21N3O4. The third-order valence-electron chi connectivity index (χ3n) is 4.91. The van der Waals surface area contributed by atoms with Gasteiger partial charge in [0.25, 0.3) is 5.91 Å². The first-order valence-electron chi connectivity index (χ1n) is 9.13. The van der Waals surface area contributed by atoms with Crippen molar-refractivity contribution in [1.82, 2.24) is 15.0 Å². The summed E-state index contributed by atoms with van der Waals surface area (Å²) in [6.45, 7) is 0.627. The van der Waals surface area contributed by atoms with E-state index in [1.807, 2.05) is 30.3 Å². The maximum absolute atomic E-state index is 13.2. The summed E-state index contributed by atoms with van der Waals surface area (Å²) in [4.78, 5) is 19.5. The first-order chi connectivity index (χ1) is 13.7. The molecule has 0 aliphatic carbocycles. The van der Waals surface area contributed by atoms with Crippen LogP contribution in [0.2, 0.25) is 0 Å². The van der Waals surface area contributed by atoms with Gasteiger partial charge in [-0.2, -0.15) is 4.98 Å². The number of methoxy groups -OCH3 is 2. The van der Waals surface area contributed by atoms with Crippen molar-refractivity contribution in [2.45, 2.75) is 18.9 Å². The number of rotatable bonds is 5. The minimum absolute atomic E-state index is 0.124. The summed E-state index contributed by atoms with van der Waals surface area (Å²) in [5.74, 6) is 1.97. The topological polar surface area (TPSA) is 77.7 Å². The number of likely N-dealkylation sites (tertiary alicyclic amines) is 1. The monoisotopic (exact) mass is 379 g/mol. The highest BCUT2D eigenvalue weighted by Gasteiger charge is 2.35. The summed E-state index contributed by atoms with van der Waals surface area (Å²) in [7, 11) is 3.11. The van der Waals surface area contributed by atoms with Gasteiger partial charge in [0.15, 0.2) is 0 Å². The smallest absolute Gasteiger partial charge is 0.258 e. The average Bonchev–Trinajstić information content (AvgIpc) is 3.42. The Hall–Kier alpha value is -3.35. The number of amides is 1.